The molecule has 2 aromatic rings. The second kappa shape index (κ2) is 12.6. The number of carbonyl (C=O) groups is 2. The number of rotatable bonds is 11. The lowest BCUT2D eigenvalue weighted by Crippen LogP contribution is -2.49. The molecule has 1 fully saturated rings. The Morgan fingerprint density at radius 1 is 1.00 bits per heavy atom. The highest BCUT2D eigenvalue weighted by Gasteiger charge is 2.29. The summed E-state index contributed by atoms with van der Waals surface area (Å²) in [6.45, 7) is 8.15. The molecular formula is C29H41N3O4S. The molecule has 0 aromatic heterocycles. The van der Waals surface area contributed by atoms with Gasteiger partial charge in [0, 0.05) is 25.6 Å². The molecule has 1 aliphatic rings. The van der Waals surface area contributed by atoms with E-state index in [1.807, 2.05) is 57.2 Å². The van der Waals surface area contributed by atoms with Crippen LogP contribution in [0.25, 0.3) is 0 Å². The molecule has 1 atom stereocenters. The van der Waals surface area contributed by atoms with Crippen LogP contribution in [0.4, 0.5) is 5.69 Å². The number of amides is 2. The summed E-state index contributed by atoms with van der Waals surface area (Å²) in [5, 5.41) is 3.12. The number of anilines is 1. The van der Waals surface area contributed by atoms with E-state index in [4.69, 9.17) is 0 Å². The number of nitrogens with zero attached hydrogens (tertiary/aromatic N) is 2. The first-order valence-corrected chi connectivity index (χ1v) is 15.0. The van der Waals surface area contributed by atoms with Crippen molar-refractivity contribution in [1.29, 1.82) is 0 Å². The summed E-state index contributed by atoms with van der Waals surface area (Å²) >= 11 is 0. The van der Waals surface area contributed by atoms with E-state index >= 15 is 0 Å². The number of benzene rings is 2. The molecule has 0 radical (unpaired) electrons. The molecule has 0 unspecified atom stereocenters. The predicted molar refractivity (Wildman–Crippen MR) is 149 cm³/mol. The zero-order chi connectivity index (χ0) is 27.2. The molecule has 1 N–H and O–H groups in total. The Balaban J connectivity index is 1.75. The van der Waals surface area contributed by atoms with Crippen LogP contribution in [-0.4, -0.2) is 50.0 Å². The van der Waals surface area contributed by atoms with Crippen molar-refractivity contribution in [3.8, 4) is 0 Å². The summed E-state index contributed by atoms with van der Waals surface area (Å²) in [5.41, 5.74) is 4.59. The standard InChI is InChI=1S/C29H41N3O4S/c1-21-13-10-17-27(23(21)3)32(37(5,35)36)19-11-18-28(33)31(20-25-14-7-6-12-22(25)2)24(4)29(34)30-26-15-8-9-16-26/h6-7,10,12-14,17,24,26H,8-9,11,15-16,18-20H2,1-5H3,(H,30,34)/t24-/m1/s1. The highest BCUT2D eigenvalue weighted by molar-refractivity contribution is 7.92. The Morgan fingerprint density at radius 3 is 2.30 bits per heavy atom. The summed E-state index contributed by atoms with van der Waals surface area (Å²) in [7, 11) is -3.53. The van der Waals surface area contributed by atoms with E-state index in [2.05, 4.69) is 5.32 Å². The Hall–Kier alpha value is -2.87. The molecule has 8 heteroatoms. The smallest absolute Gasteiger partial charge is 0.242 e. The lowest BCUT2D eigenvalue weighted by atomic mass is 10.1. The maximum absolute atomic E-state index is 13.5. The molecule has 0 bridgehead atoms. The molecule has 37 heavy (non-hydrogen) atoms. The van der Waals surface area contributed by atoms with E-state index in [0.29, 0.717) is 18.7 Å². The van der Waals surface area contributed by atoms with Gasteiger partial charge in [0.15, 0.2) is 0 Å². The van der Waals surface area contributed by atoms with Crippen molar-refractivity contribution < 1.29 is 18.0 Å². The zero-order valence-electron chi connectivity index (χ0n) is 22.8. The van der Waals surface area contributed by atoms with Gasteiger partial charge < -0.3 is 10.2 Å². The number of sulfonamides is 1. The van der Waals surface area contributed by atoms with Gasteiger partial charge >= 0.3 is 0 Å². The van der Waals surface area contributed by atoms with Gasteiger partial charge in [-0.1, -0.05) is 49.2 Å². The maximum Gasteiger partial charge on any atom is 0.242 e. The van der Waals surface area contributed by atoms with Crippen molar-refractivity contribution in [3.05, 3.63) is 64.7 Å². The van der Waals surface area contributed by atoms with Gasteiger partial charge in [0.2, 0.25) is 21.8 Å². The minimum absolute atomic E-state index is 0.137. The zero-order valence-corrected chi connectivity index (χ0v) is 23.6. The second-order valence-corrected chi connectivity index (χ2v) is 12.2. The van der Waals surface area contributed by atoms with E-state index in [1.165, 1.54) is 10.6 Å². The fourth-order valence-corrected chi connectivity index (χ4v) is 5.95. The number of hydrogen-bond acceptors (Lipinski definition) is 4. The molecule has 0 saturated heterocycles. The van der Waals surface area contributed by atoms with E-state index < -0.39 is 16.1 Å². The van der Waals surface area contributed by atoms with Gasteiger partial charge in [-0.15, -0.1) is 0 Å². The van der Waals surface area contributed by atoms with Crippen LogP contribution in [0.2, 0.25) is 0 Å². The maximum atomic E-state index is 13.5. The predicted octanol–water partition coefficient (Wildman–Crippen LogP) is 4.63. The topological polar surface area (TPSA) is 86.8 Å². The van der Waals surface area contributed by atoms with Crippen molar-refractivity contribution >= 4 is 27.5 Å². The normalized spacial score (nSPS) is 14.8. The van der Waals surface area contributed by atoms with Crippen LogP contribution < -0.4 is 9.62 Å². The molecule has 0 spiro atoms. The molecule has 2 aromatic carbocycles. The molecule has 1 saturated carbocycles. The molecule has 1 aliphatic carbocycles. The Labute approximate surface area is 222 Å². The number of carbonyl (C=O) groups excluding carboxylic acids is 2. The van der Waals surface area contributed by atoms with Crippen LogP contribution in [0, 0.1) is 20.8 Å². The minimum atomic E-state index is -3.53. The van der Waals surface area contributed by atoms with Gasteiger partial charge in [-0.3, -0.25) is 13.9 Å². The number of nitrogens with one attached hydrogen (secondary N) is 1. The average molecular weight is 528 g/mol. The van der Waals surface area contributed by atoms with E-state index in [1.54, 1.807) is 17.9 Å². The van der Waals surface area contributed by atoms with Crippen LogP contribution in [0.3, 0.4) is 0 Å². The largest absolute Gasteiger partial charge is 0.352 e. The van der Waals surface area contributed by atoms with Crippen molar-refractivity contribution in [2.24, 2.45) is 0 Å². The minimum Gasteiger partial charge on any atom is -0.352 e. The fraction of sp³-hybridized carbons (Fsp3) is 0.517. The third kappa shape index (κ3) is 7.57. The summed E-state index contributed by atoms with van der Waals surface area (Å²) in [5.74, 6) is -0.297. The molecule has 2 amide bonds. The Morgan fingerprint density at radius 2 is 1.65 bits per heavy atom. The van der Waals surface area contributed by atoms with E-state index in [9.17, 15) is 18.0 Å². The Bertz CT molecular complexity index is 1210. The van der Waals surface area contributed by atoms with Crippen LogP contribution >= 0.6 is 0 Å². The number of hydrogen-bond donors (Lipinski definition) is 1. The van der Waals surface area contributed by atoms with Crippen LogP contribution in [0.5, 0.6) is 0 Å². The molecule has 7 nitrogen and oxygen atoms in total. The fourth-order valence-electron chi connectivity index (χ4n) is 4.93. The first-order valence-electron chi connectivity index (χ1n) is 13.2. The number of aryl methyl sites for hydroxylation is 2. The molecular weight excluding hydrogens is 486 g/mol. The third-order valence-corrected chi connectivity index (χ3v) is 8.65. The van der Waals surface area contributed by atoms with Crippen molar-refractivity contribution in [2.45, 2.75) is 84.8 Å². The van der Waals surface area contributed by atoms with E-state index in [-0.39, 0.29) is 30.8 Å². The monoisotopic (exact) mass is 527 g/mol. The molecule has 0 aliphatic heterocycles. The van der Waals surface area contributed by atoms with Crippen LogP contribution in [-0.2, 0) is 26.2 Å². The lowest BCUT2D eigenvalue weighted by molar-refractivity contribution is -0.141. The lowest BCUT2D eigenvalue weighted by Gasteiger charge is -2.31. The van der Waals surface area contributed by atoms with E-state index in [0.717, 1.165) is 47.9 Å². The summed E-state index contributed by atoms with van der Waals surface area (Å²) in [6.07, 6.45) is 5.86. The quantitative estimate of drug-likeness (QED) is 0.461. The second-order valence-electron chi connectivity index (χ2n) is 10.3. The van der Waals surface area contributed by atoms with Crippen LogP contribution in [0.1, 0.15) is 67.7 Å². The first kappa shape index (κ1) is 28.7. The van der Waals surface area contributed by atoms with Crippen molar-refractivity contribution in [1.82, 2.24) is 10.2 Å². The molecule has 202 valence electrons. The first-order chi connectivity index (χ1) is 17.5. The molecule has 0 heterocycles. The SMILES string of the molecule is Cc1ccccc1CN(C(=O)CCCN(c1cccc(C)c1C)S(C)(=O)=O)[C@H](C)C(=O)NC1CCCC1. The average Bonchev–Trinajstić information content (AvgIpc) is 3.35. The highest BCUT2D eigenvalue weighted by Crippen LogP contribution is 2.26. The van der Waals surface area contributed by atoms with Gasteiger partial charge in [0.25, 0.3) is 0 Å². The summed E-state index contributed by atoms with van der Waals surface area (Å²) in [6, 6.07) is 13.0. The van der Waals surface area contributed by atoms with Crippen molar-refractivity contribution in [2.75, 3.05) is 17.1 Å². The third-order valence-electron chi connectivity index (χ3n) is 7.47. The van der Waals surface area contributed by atoms with Gasteiger partial charge in [-0.25, -0.2) is 8.42 Å². The van der Waals surface area contributed by atoms with Gasteiger partial charge in [0.1, 0.15) is 6.04 Å². The summed E-state index contributed by atoms with van der Waals surface area (Å²) in [4.78, 5) is 28.2. The van der Waals surface area contributed by atoms with Gasteiger partial charge in [-0.05, 0) is 75.3 Å². The summed E-state index contributed by atoms with van der Waals surface area (Å²) < 4.78 is 26.6. The van der Waals surface area contributed by atoms with Gasteiger partial charge in [0.05, 0.1) is 11.9 Å². The van der Waals surface area contributed by atoms with Crippen LogP contribution in [0.15, 0.2) is 42.5 Å². The Kier molecular flexibility index (Phi) is 9.76. The molecule has 3 rings (SSSR count). The highest BCUT2D eigenvalue weighted by atomic mass is 32.2. The van der Waals surface area contributed by atoms with Crippen molar-refractivity contribution in [3.63, 3.8) is 0 Å². The van der Waals surface area contributed by atoms with Gasteiger partial charge in [-0.2, -0.15) is 0 Å².